The van der Waals surface area contributed by atoms with Crippen LogP contribution in [0.2, 0.25) is 0 Å². The van der Waals surface area contributed by atoms with Gasteiger partial charge in [0.15, 0.2) is 0 Å². The SMILES string of the molecule is CCOCC(N)=O.[H-].[Li+]. The molecule has 44 valence electrons. The van der Waals surface area contributed by atoms with Crippen LogP contribution in [0.5, 0.6) is 0 Å². The number of carbonyl (C=O) groups is 1. The number of amides is 1. The predicted molar refractivity (Wildman–Crippen MR) is 26.8 cm³/mol. The Kier molecular flexibility index (Phi) is 9.59. The standard InChI is InChI=1S/C4H9NO2.Li.H/c1-2-7-3-4(5)6;;/h2-3H2,1H3,(H2,5,6);;/q;+1;-1. The molecule has 0 aliphatic rings. The van der Waals surface area contributed by atoms with Crippen LogP contribution in [0.15, 0.2) is 0 Å². The van der Waals surface area contributed by atoms with Crippen molar-refractivity contribution < 1.29 is 29.8 Å². The Morgan fingerprint density at radius 3 is 2.50 bits per heavy atom. The molecule has 0 aliphatic heterocycles. The maximum Gasteiger partial charge on any atom is 1.00 e. The second kappa shape index (κ2) is 7.03. The van der Waals surface area contributed by atoms with Gasteiger partial charge in [-0.05, 0) is 6.92 Å². The van der Waals surface area contributed by atoms with Crippen molar-refractivity contribution in [3.63, 3.8) is 0 Å². The molecule has 0 aromatic rings. The normalized spacial score (nSPS) is 7.62. The molecule has 0 rings (SSSR count). The molecule has 0 saturated carbocycles. The fourth-order valence-corrected chi connectivity index (χ4v) is 0.203. The fourth-order valence-electron chi connectivity index (χ4n) is 0.203. The number of hydrogen-bond acceptors (Lipinski definition) is 2. The Labute approximate surface area is 62.2 Å². The van der Waals surface area contributed by atoms with E-state index in [9.17, 15) is 4.79 Å². The molecule has 0 atom stereocenters. The first-order chi connectivity index (χ1) is 3.27. The van der Waals surface area contributed by atoms with Crippen LogP contribution < -0.4 is 24.6 Å². The van der Waals surface area contributed by atoms with E-state index in [1.807, 2.05) is 6.92 Å². The van der Waals surface area contributed by atoms with Gasteiger partial charge < -0.3 is 11.9 Å². The summed E-state index contributed by atoms with van der Waals surface area (Å²) < 4.78 is 4.62. The van der Waals surface area contributed by atoms with E-state index in [1.54, 1.807) is 0 Å². The molecule has 0 fully saturated rings. The second-order valence-electron chi connectivity index (χ2n) is 1.10. The molecule has 3 nitrogen and oxygen atoms in total. The van der Waals surface area contributed by atoms with E-state index in [2.05, 4.69) is 4.74 Å². The summed E-state index contributed by atoms with van der Waals surface area (Å²) in [5, 5.41) is 0. The van der Waals surface area contributed by atoms with Crippen LogP contribution in [0.25, 0.3) is 0 Å². The molecule has 0 aliphatic carbocycles. The van der Waals surface area contributed by atoms with Gasteiger partial charge >= 0.3 is 18.9 Å². The van der Waals surface area contributed by atoms with Crippen LogP contribution in [0, 0.1) is 0 Å². The van der Waals surface area contributed by atoms with E-state index < -0.39 is 5.91 Å². The Bertz CT molecular complexity index is 71.6. The third-order valence-electron chi connectivity index (χ3n) is 0.448. The minimum atomic E-state index is -0.415. The molecule has 0 bridgehead atoms. The van der Waals surface area contributed by atoms with Crippen LogP contribution in [-0.2, 0) is 9.53 Å². The van der Waals surface area contributed by atoms with Gasteiger partial charge in [0, 0.05) is 6.61 Å². The quantitative estimate of drug-likeness (QED) is 0.386. The van der Waals surface area contributed by atoms with E-state index >= 15 is 0 Å². The molecule has 0 heterocycles. The van der Waals surface area contributed by atoms with Crippen molar-refractivity contribution >= 4 is 5.91 Å². The number of rotatable bonds is 3. The molecule has 8 heavy (non-hydrogen) atoms. The maximum absolute atomic E-state index is 9.86. The summed E-state index contributed by atoms with van der Waals surface area (Å²) in [6, 6.07) is 0. The zero-order valence-corrected chi connectivity index (χ0v) is 5.31. The van der Waals surface area contributed by atoms with Crippen molar-refractivity contribution in [1.29, 1.82) is 0 Å². The molecule has 0 aromatic heterocycles. The Hall–Kier alpha value is 0.0274. The zero-order chi connectivity index (χ0) is 5.70. The predicted octanol–water partition coefficient (Wildman–Crippen LogP) is -3.38. The van der Waals surface area contributed by atoms with Crippen LogP contribution in [0.4, 0.5) is 0 Å². The van der Waals surface area contributed by atoms with Gasteiger partial charge in [0.2, 0.25) is 5.91 Å². The molecule has 0 aromatic carbocycles. The van der Waals surface area contributed by atoms with E-state index in [0.717, 1.165) is 0 Å². The smallest absolute Gasteiger partial charge is 1.00 e. The van der Waals surface area contributed by atoms with Crippen molar-refractivity contribution in [3.05, 3.63) is 0 Å². The summed E-state index contributed by atoms with van der Waals surface area (Å²) in [5.41, 5.74) is 4.71. The summed E-state index contributed by atoms with van der Waals surface area (Å²) in [6.45, 7) is 2.39. The van der Waals surface area contributed by atoms with E-state index in [1.165, 1.54) is 0 Å². The van der Waals surface area contributed by atoms with Crippen LogP contribution in [0.3, 0.4) is 0 Å². The Morgan fingerprint density at radius 1 is 1.88 bits per heavy atom. The fraction of sp³-hybridized carbons (Fsp3) is 0.750. The van der Waals surface area contributed by atoms with Gasteiger partial charge in [-0.15, -0.1) is 0 Å². The summed E-state index contributed by atoms with van der Waals surface area (Å²) >= 11 is 0. The van der Waals surface area contributed by atoms with Crippen molar-refractivity contribution in [3.8, 4) is 0 Å². The van der Waals surface area contributed by atoms with Crippen molar-refractivity contribution in [2.45, 2.75) is 6.92 Å². The average Bonchev–Trinajstić information content (AvgIpc) is 1.61. The number of carbonyl (C=O) groups excluding carboxylic acids is 1. The molecule has 2 N–H and O–H groups in total. The largest absolute Gasteiger partial charge is 1.00 e. The van der Waals surface area contributed by atoms with Gasteiger partial charge in [-0.3, -0.25) is 4.79 Å². The van der Waals surface area contributed by atoms with E-state index in [0.29, 0.717) is 6.61 Å². The van der Waals surface area contributed by atoms with E-state index in [-0.39, 0.29) is 26.9 Å². The van der Waals surface area contributed by atoms with Gasteiger partial charge in [0.05, 0.1) is 0 Å². The van der Waals surface area contributed by atoms with Gasteiger partial charge in [-0.25, -0.2) is 0 Å². The van der Waals surface area contributed by atoms with Crippen molar-refractivity contribution in [1.82, 2.24) is 0 Å². The molecule has 0 saturated heterocycles. The number of hydrogen-bond donors (Lipinski definition) is 1. The first-order valence-electron chi connectivity index (χ1n) is 2.13. The summed E-state index contributed by atoms with van der Waals surface area (Å²) in [4.78, 5) is 9.86. The van der Waals surface area contributed by atoms with Gasteiger partial charge in [-0.1, -0.05) is 0 Å². The minimum Gasteiger partial charge on any atom is -1.00 e. The van der Waals surface area contributed by atoms with Crippen LogP contribution in [0.1, 0.15) is 8.35 Å². The van der Waals surface area contributed by atoms with Crippen molar-refractivity contribution in [2.24, 2.45) is 5.73 Å². The van der Waals surface area contributed by atoms with Crippen LogP contribution >= 0.6 is 0 Å². The summed E-state index contributed by atoms with van der Waals surface area (Å²) in [7, 11) is 0. The number of ether oxygens (including phenoxy) is 1. The van der Waals surface area contributed by atoms with E-state index in [4.69, 9.17) is 5.73 Å². The van der Waals surface area contributed by atoms with Gasteiger partial charge in [0.1, 0.15) is 6.61 Å². The molecule has 0 radical (unpaired) electrons. The molecular weight excluding hydrogens is 101 g/mol. The first kappa shape index (κ1) is 10.9. The third-order valence-corrected chi connectivity index (χ3v) is 0.448. The number of primary amides is 1. The van der Waals surface area contributed by atoms with Crippen molar-refractivity contribution in [2.75, 3.05) is 13.2 Å². The minimum absolute atomic E-state index is 0. The summed E-state index contributed by atoms with van der Waals surface area (Å²) in [5.74, 6) is -0.415. The zero-order valence-electron chi connectivity index (χ0n) is 6.31. The Morgan fingerprint density at radius 2 is 2.38 bits per heavy atom. The Balaban J connectivity index is -0.000000180. The van der Waals surface area contributed by atoms with Crippen LogP contribution in [-0.4, -0.2) is 19.1 Å². The maximum atomic E-state index is 9.86. The molecule has 0 unspecified atom stereocenters. The molecular formula is C4H10LiNO2. The molecule has 0 spiro atoms. The monoisotopic (exact) mass is 111 g/mol. The first-order valence-corrected chi connectivity index (χ1v) is 2.13. The van der Waals surface area contributed by atoms with Gasteiger partial charge in [-0.2, -0.15) is 0 Å². The third kappa shape index (κ3) is 9.39. The molecule has 1 amide bonds. The summed E-state index contributed by atoms with van der Waals surface area (Å²) in [6.07, 6.45) is 0. The molecule has 4 heteroatoms. The topological polar surface area (TPSA) is 52.3 Å². The second-order valence-corrected chi connectivity index (χ2v) is 1.10. The average molecular weight is 111 g/mol. The number of nitrogens with two attached hydrogens (primary N) is 1. The van der Waals surface area contributed by atoms with Gasteiger partial charge in [0.25, 0.3) is 0 Å².